The highest BCUT2D eigenvalue weighted by Crippen LogP contribution is 2.16. The fourth-order valence-electron chi connectivity index (χ4n) is 1.40. The minimum Gasteiger partial charge on any atom is -0.383 e. The van der Waals surface area contributed by atoms with E-state index in [4.69, 9.17) is 10.6 Å². The number of nitrogens with two attached hydrogens (primary N) is 1. The lowest BCUT2D eigenvalue weighted by Crippen LogP contribution is -2.47. The molecule has 0 unspecified atom stereocenters. The highest BCUT2D eigenvalue weighted by molar-refractivity contribution is 5.81. The van der Waals surface area contributed by atoms with Crippen LogP contribution in [0.2, 0.25) is 0 Å². The van der Waals surface area contributed by atoms with E-state index >= 15 is 0 Å². The molecule has 0 aromatic heterocycles. The van der Waals surface area contributed by atoms with Gasteiger partial charge in [0.15, 0.2) is 0 Å². The second-order valence-electron chi connectivity index (χ2n) is 4.22. The van der Waals surface area contributed by atoms with Crippen LogP contribution in [-0.4, -0.2) is 44.2 Å². The largest absolute Gasteiger partial charge is 0.383 e. The molecule has 0 saturated heterocycles. The first-order chi connectivity index (χ1) is 6.97. The number of ether oxygens (including phenoxy) is 1. The van der Waals surface area contributed by atoms with E-state index < -0.39 is 5.41 Å². The summed E-state index contributed by atoms with van der Waals surface area (Å²) in [5.74, 6) is 4.99. The van der Waals surface area contributed by atoms with Gasteiger partial charge < -0.3 is 9.64 Å². The molecule has 1 amide bonds. The zero-order chi connectivity index (χ0) is 11.9. The maximum absolute atomic E-state index is 11.5. The summed E-state index contributed by atoms with van der Waals surface area (Å²) in [7, 11) is 1.67. The predicted molar refractivity (Wildman–Crippen MR) is 60.1 cm³/mol. The van der Waals surface area contributed by atoms with Crippen molar-refractivity contribution in [1.82, 2.24) is 10.3 Å². The van der Waals surface area contributed by atoms with Gasteiger partial charge in [-0.15, -0.1) is 0 Å². The van der Waals surface area contributed by atoms with E-state index in [1.807, 2.05) is 13.8 Å². The molecule has 0 aliphatic heterocycles. The van der Waals surface area contributed by atoms with Crippen LogP contribution in [0.3, 0.4) is 0 Å². The lowest BCUT2D eigenvalue weighted by molar-refractivity contribution is -0.130. The molecule has 5 nitrogen and oxygen atoms in total. The first-order valence-corrected chi connectivity index (χ1v) is 5.20. The lowest BCUT2D eigenvalue weighted by atomic mass is 9.92. The normalized spacial score (nSPS) is 11.9. The van der Waals surface area contributed by atoms with Crippen LogP contribution in [0.5, 0.6) is 0 Å². The number of hydrogen-bond donors (Lipinski definition) is 2. The molecule has 0 radical (unpaired) electrons. The lowest BCUT2D eigenvalue weighted by Gasteiger charge is -2.30. The standard InChI is InChI=1S/C10H23N3O2/c1-5-13(6-7-15-4)8-10(2,3)9(14)12-11/h5-8,11H2,1-4H3,(H,12,14). The topological polar surface area (TPSA) is 67.6 Å². The number of hydrazine groups is 1. The Morgan fingerprint density at radius 2 is 2.13 bits per heavy atom. The van der Waals surface area contributed by atoms with Crippen LogP contribution in [-0.2, 0) is 9.53 Å². The number of carbonyl (C=O) groups is 1. The van der Waals surface area contributed by atoms with Gasteiger partial charge in [0.25, 0.3) is 0 Å². The summed E-state index contributed by atoms with van der Waals surface area (Å²) in [5, 5.41) is 0. The highest BCUT2D eigenvalue weighted by atomic mass is 16.5. The van der Waals surface area contributed by atoms with Crippen LogP contribution < -0.4 is 11.3 Å². The SMILES string of the molecule is CCN(CCOC)CC(C)(C)C(=O)NN. The molecule has 0 aliphatic rings. The van der Waals surface area contributed by atoms with Crippen LogP contribution in [0.1, 0.15) is 20.8 Å². The van der Waals surface area contributed by atoms with Crippen molar-refractivity contribution in [2.45, 2.75) is 20.8 Å². The van der Waals surface area contributed by atoms with Gasteiger partial charge in [-0.3, -0.25) is 10.2 Å². The minimum absolute atomic E-state index is 0.140. The van der Waals surface area contributed by atoms with Crippen LogP contribution in [0.4, 0.5) is 0 Å². The molecule has 90 valence electrons. The molecule has 0 aliphatic carbocycles. The molecule has 0 bridgehead atoms. The number of likely N-dealkylation sites (N-methyl/N-ethyl adjacent to an activating group) is 1. The summed E-state index contributed by atoms with van der Waals surface area (Å²) in [6.45, 7) is 8.89. The summed E-state index contributed by atoms with van der Waals surface area (Å²) in [6, 6.07) is 0. The monoisotopic (exact) mass is 217 g/mol. The van der Waals surface area contributed by atoms with Crippen molar-refractivity contribution in [3.05, 3.63) is 0 Å². The number of nitrogens with zero attached hydrogens (tertiary/aromatic N) is 1. The predicted octanol–water partition coefficient (Wildman–Crippen LogP) is -0.0292. The molecule has 0 spiro atoms. The average Bonchev–Trinajstić information content (AvgIpc) is 2.22. The smallest absolute Gasteiger partial charge is 0.240 e. The summed E-state index contributed by atoms with van der Waals surface area (Å²) >= 11 is 0. The van der Waals surface area contributed by atoms with Crippen molar-refractivity contribution in [3.63, 3.8) is 0 Å². The van der Waals surface area contributed by atoms with Crippen molar-refractivity contribution in [2.75, 3.05) is 33.4 Å². The van der Waals surface area contributed by atoms with Crippen LogP contribution in [0.15, 0.2) is 0 Å². The quantitative estimate of drug-likeness (QED) is 0.357. The van der Waals surface area contributed by atoms with Crippen LogP contribution in [0, 0.1) is 5.41 Å². The van der Waals surface area contributed by atoms with Gasteiger partial charge in [0, 0.05) is 20.2 Å². The molecule has 3 N–H and O–H groups in total. The summed E-state index contributed by atoms with van der Waals surface area (Å²) in [5.41, 5.74) is 1.72. The van der Waals surface area contributed by atoms with Crippen molar-refractivity contribution in [1.29, 1.82) is 0 Å². The third-order valence-corrected chi connectivity index (χ3v) is 2.42. The Kier molecular flexibility index (Phi) is 6.47. The van der Waals surface area contributed by atoms with Crippen molar-refractivity contribution >= 4 is 5.91 Å². The molecule has 0 heterocycles. The van der Waals surface area contributed by atoms with Gasteiger partial charge >= 0.3 is 0 Å². The molecular weight excluding hydrogens is 194 g/mol. The van der Waals surface area contributed by atoms with Gasteiger partial charge in [0.2, 0.25) is 5.91 Å². The fraction of sp³-hybridized carbons (Fsp3) is 0.900. The van der Waals surface area contributed by atoms with E-state index in [0.29, 0.717) is 13.2 Å². The van der Waals surface area contributed by atoms with Gasteiger partial charge in [-0.2, -0.15) is 0 Å². The Balaban J connectivity index is 4.20. The van der Waals surface area contributed by atoms with Gasteiger partial charge in [-0.05, 0) is 20.4 Å². The zero-order valence-electron chi connectivity index (χ0n) is 10.2. The van der Waals surface area contributed by atoms with Crippen molar-refractivity contribution in [2.24, 2.45) is 11.3 Å². The molecule has 0 fully saturated rings. The summed E-state index contributed by atoms with van der Waals surface area (Å²) < 4.78 is 5.01. The van der Waals surface area contributed by atoms with E-state index in [1.165, 1.54) is 0 Å². The van der Waals surface area contributed by atoms with Gasteiger partial charge in [-0.1, -0.05) is 6.92 Å². The van der Waals surface area contributed by atoms with Crippen molar-refractivity contribution in [3.8, 4) is 0 Å². The molecule has 15 heavy (non-hydrogen) atoms. The Bertz CT molecular complexity index is 195. The number of nitrogens with one attached hydrogen (secondary N) is 1. The van der Waals surface area contributed by atoms with E-state index in [2.05, 4.69) is 17.2 Å². The molecule has 5 heteroatoms. The fourth-order valence-corrected chi connectivity index (χ4v) is 1.40. The maximum atomic E-state index is 11.5. The first-order valence-electron chi connectivity index (χ1n) is 5.20. The van der Waals surface area contributed by atoms with E-state index in [0.717, 1.165) is 13.1 Å². The molecular formula is C10H23N3O2. The number of amides is 1. The van der Waals surface area contributed by atoms with Crippen LogP contribution >= 0.6 is 0 Å². The molecule has 0 aromatic carbocycles. The van der Waals surface area contributed by atoms with Crippen LogP contribution in [0.25, 0.3) is 0 Å². The zero-order valence-corrected chi connectivity index (χ0v) is 10.2. The van der Waals surface area contributed by atoms with E-state index in [1.54, 1.807) is 7.11 Å². The maximum Gasteiger partial charge on any atom is 0.240 e. The summed E-state index contributed by atoms with van der Waals surface area (Å²) in [4.78, 5) is 13.6. The third-order valence-electron chi connectivity index (χ3n) is 2.42. The summed E-state index contributed by atoms with van der Waals surface area (Å²) in [6.07, 6.45) is 0. The number of carbonyl (C=O) groups excluding carboxylic acids is 1. The molecule has 0 saturated carbocycles. The first kappa shape index (κ1) is 14.3. The van der Waals surface area contributed by atoms with E-state index in [9.17, 15) is 4.79 Å². The second-order valence-corrected chi connectivity index (χ2v) is 4.22. The Morgan fingerprint density at radius 1 is 1.53 bits per heavy atom. The number of methoxy groups -OCH3 is 1. The van der Waals surface area contributed by atoms with Gasteiger partial charge in [0.05, 0.1) is 12.0 Å². The molecule has 0 rings (SSSR count). The Morgan fingerprint density at radius 3 is 2.53 bits per heavy atom. The molecule has 0 aromatic rings. The average molecular weight is 217 g/mol. The van der Waals surface area contributed by atoms with Crippen molar-refractivity contribution < 1.29 is 9.53 Å². The van der Waals surface area contributed by atoms with Gasteiger partial charge in [-0.25, -0.2) is 5.84 Å². The third kappa shape index (κ3) is 5.11. The minimum atomic E-state index is -0.474. The number of rotatable bonds is 7. The number of hydrogen-bond acceptors (Lipinski definition) is 4. The second kappa shape index (κ2) is 6.76. The molecule has 0 atom stereocenters. The van der Waals surface area contributed by atoms with E-state index in [-0.39, 0.29) is 5.91 Å². The highest BCUT2D eigenvalue weighted by Gasteiger charge is 2.28. The Hall–Kier alpha value is -0.650. The van der Waals surface area contributed by atoms with Gasteiger partial charge in [0.1, 0.15) is 0 Å². The Labute approximate surface area is 91.9 Å².